The molecule has 2 N–H and O–H groups in total. The van der Waals surface area contributed by atoms with E-state index in [0.717, 1.165) is 25.7 Å². The first-order chi connectivity index (χ1) is 15.5. The molecule has 4 heteroatoms. The monoisotopic (exact) mass is 452 g/mol. The Labute approximate surface area is 198 Å². The Hall–Kier alpha value is -1.58. The minimum atomic E-state index is -0.668. The molecule has 4 nitrogen and oxygen atoms in total. The molecule has 0 rings (SSSR count). The Kier molecular flexibility index (Phi) is 30.0. The average molecular weight is 453 g/mol. The molecule has 0 fully saturated rings. The van der Waals surface area contributed by atoms with Gasteiger partial charge in [-0.1, -0.05) is 102 Å². The van der Waals surface area contributed by atoms with Gasteiger partial charge in [-0.3, -0.25) is 9.59 Å². The van der Waals surface area contributed by atoms with Gasteiger partial charge in [0.1, 0.15) is 0 Å². The largest absolute Gasteiger partial charge is 0.481 e. The molecule has 0 aliphatic heterocycles. The van der Waals surface area contributed by atoms with Crippen molar-refractivity contribution >= 4 is 11.9 Å². The van der Waals surface area contributed by atoms with Crippen LogP contribution in [0.25, 0.3) is 0 Å². The molecule has 0 atom stereocenters. The Balaban J connectivity index is 0. The summed E-state index contributed by atoms with van der Waals surface area (Å²) in [6, 6.07) is 0. The number of aliphatic carboxylic acids is 2. The van der Waals surface area contributed by atoms with Crippen molar-refractivity contribution in [1.29, 1.82) is 0 Å². The lowest BCUT2D eigenvalue weighted by atomic mass is 10.1. The van der Waals surface area contributed by atoms with Crippen LogP contribution in [-0.2, 0) is 9.59 Å². The topological polar surface area (TPSA) is 74.6 Å². The Morgan fingerprint density at radius 3 is 1.06 bits per heavy atom. The van der Waals surface area contributed by atoms with E-state index in [1.165, 1.54) is 89.9 Å². The highest BCUT2D eigenvalue weighted by atomic mass is 16.4. The Morgan fingerprint density at radius 1 is 0.469 bits per heavy atom. The van der Waals surface area contributed by atoms with E-state index in [1.54, 1.807) is 0 Å². The molecule has 0 spiro atoms. The van der Waals surface area contributed by atoms with Crippen LogP contribution < -0.4 is 0 Å². The van der Waals surface area contributed by atoms with Crippen molar-refractivity contribution in [2.45, 2.75) is 142 Å². The maximum Gasteiger partial charge on any atom is 0.303 e. The second-order valence-electron chi connectivity index (χ2n) is 8.63. The lowest BCUT2D eigenvalue weighted by Gasteiger charge is -1.98. The summed E-state index contributed by atoms with van der Waals surface area (Å²) in [4.78, 5) is 20.5. The zero-order chi connectivity index (χ0) is 24.1. The summed E-state index contributed by atoms with van der Waals surface area (Å²) < 4.78 is 0. The zero-order valence-corrected chi connectivity index (χ0v) is 21.2. The number of carboxylic acids is 2. The van der Waals surface area contributed by atoms with Crippen LogP contribution in [0, 0.1) is 0 Å². The van der Waals surface area contributed by atoms with Crippen molar-refractivity contribution in [3.05, 3.63) is 24.3 Å². The zero-order valence-electron chi connectivity index (χ0n) is 21.2. The minimum Gasteiger partial charge on any atom is -0.481 e. The van der Waals surface area contributed by atoms with Crippen molar-refractivity contribution in [3.8, 4) is 0 Å². The van der Waals surface area contributed by atoms with Crippen LogP contribution in [0.4, 0.5) is 0 Å². The lowest BCUT2D eigenvalue weighted by molar-refractivity contribution is -0.138. The third-order valence-corrected chi connectivity index (χ3v) is 5.30. The molecule has 0 aromatic rings. The summed E-state index contributed by atoms with van der Waals surface area (Å²) in [5.74, 6) is -1.34. The van der Waals surface area contributed by atoms with Gasteiger partial charge in [-0.25, -0.2) is 0 Å². The molecule has 188 valence electrons. The highest BCUT2D eigenvalue weighted by molar-refractivity contribution is 5.66. The predicted octanol–water partition coefficient (Wildman–Crippen LogP) is 9.10. The van der Waals surface area contributed by atoms with Crippen LogP contribution in [0.5, 0.6) is 0 Å². The van der Waals surface area contributed by atoms with E-state index < -0.39 is 11.9 Å². The average Bonchev–Trinajstić information content (AvgIpc) is 2.76. The second-order valence-corrected chi connectivity index (χ2v) is 8.63. The van der Waals surface area contributed by atoms with Crippen LogP contribution in [-0.4, -0.2) is 22.2 Å². The van der Waals surface area contributed by atoms with Gasteiger partial charge >= 0.3 is 11.9 Å². The van der Waals surface area contributed by atoms with Crippen molar-refractivity contribution in [2.24, 2.45) is 0 Å². The van der Waals surface area contributed by atoms with Gasteiger partial charge < -0.3 is 10.2 Å². The van der Waals surface area contributed by atoms with Gasteiger partial charge in [0.05, 0.1) is 0 Å². The first-order valence-corrected chi connectivity index (χ1v) is 13.3. The van der Waals surface area contributed by atoms with Gasteiger partial charge in [0.2, 0.25) is 0 Å². The normalized spacial score (nSPS) is 11.1. The summed E-state index contributed by atoms with van der Waals surface area (Å²) >= 11 is 0. The summed E-state index contributed by atoms with van der Waals surface area (Å²) in [7, 11) is 0. The molecule has 32 heavy (non-hydrogen) atoms. The molecular weight excluding hydrogens is 400 g/mol. The molecule has 0 radical (unpaired) electrons. The van der Waals surface area contributed by atoms with Crippen molar-refractivity contribution in [2.75, 3.05) is 0 Å². The van der Waals surface area contributed by atoms with Crippen LogP contribution in [0.1, 0.15) is 142 Å². The van der Waals surface area contributed by atoms with Crippen LogP contribution in [0.2, 0.25) is 0 Å². The van der Waals surface area contributed by atoms with Crippen molar-refractivity contribution < 1.29 is 19.8 Å². The SMILES string of the molecule is CCCCC=CCCCCCCCC(=O)O.CCCCC=CCCCCCCCC(=O)O. The molecule has 0 aliphatic carbocycles. The molecule has 0 bridgehead atoms. The van der Waals surface area contributed by atoms with E-state index in [-0.39, 0.29) is 0 Å². The van der Waals surface area contributed by atoms with E-state index in [0.29, 0.717) is 12.8 Å². The van der Waals surface area contributed by atoms with Crippen molar-refractivity contribution in [1.82, 2.24) is 0 Å². The molecule has 0 aromatic carbocycles. The Bertz CT molecular complexity index is 412. The quantitative estimate of drug-likeness (QED) is 0.127. The fraction of sp³-hybridized carbons (Fsp3) is 0.786. The smallest absolute Gasteiger partial charge is 0.303 e. The van der Waals surface area contributed by atoms with Crippen LogP contribution >= 0.6 is 0 Å². The second kappa shape index (κ2) is 29.4. The van der Waals surface area contributed by atoms with E-state index in [1.807, 2.05) is 0 Å². The molecular formula is C28H52O4. The molecule has 0 saturated heterocycles. The van der Waals surface area contributed by atoms with Crippen molar-refractivity contribution in [3.63, 3.8) is 0 Å². The van der Waals surface area contributed by atoms with Gasteiger partial charge in [-0.15, -0.1) is 0 Å². The molecule has 0 aromatic heterocycles. The number of carbonyl (C=O) groups is 2. The van der Waals surface area contributed by atoms with E-state index >= 15 is 0 Å². The number of carboxylic acid groups (broad SMARTS) is 2. The van der Waals surface area contributed by atoms with Gasteiger partial charge in [0, 0.05) is 12.8 Å². The third-order valence-electron chi connectivity index (χ3n) is 5.30. The minimum absolute atomic E-state index is 0.330. The fourth-order valence-electron chi connectivity index (χ4n) is 3.25. The number of rotatable bonds is 22. The summed E-state index contributed by atoms with van der Waals surface area (Å²) in [6.07, 6.45) is 30.8. The summed E-state index contributed by atoms with van der Waals surface area (Å²) in [5, 5.41) is 16.9. The van der Waals surface area contributed by atoms with E-state index in [2.05, 4.69) is 38.2 Å². The highest BCUT2D eigenvalue weighted by Gasteiger charge is 1.96. The van der Waals surface area contributed by atoms with Crippen LogP contribution in [0.3, 0.4) is 0 Å². The lowest BCUT2D eigenvalue weighted by Crippen LogP contribution is -1.93. The standard InChI is InChI=1S/2C14H26O2/c2*1-2-3-4-5-6-7-8-9-10-11-12-13-14(15)16/h2*5-6H,2-4,7-13H2,1H3,(H,15,16). The van der Waals surface area contributed by atoms with Crippen LogP contribution in [0.15, 0.2) is 24.3 Å². The van der Waals surface area contributed by atoms with Gasteiger partial charge in [0.15, 0.2) is 0 Å². The maximum atomic E-state index is 10.3. The first-order valence-electron chi connectivity index (χ1n) is 13.3. The number of hydrogen-bond donors (Lipinski definition) is 2. The third kappa shape index (κ3) is 35.8. The molecule has 0 unspecified atom stereocenters. The van der Waals surface area contributed by atoms with E-state index in [9.17, 15) is 9.59 Å². The highest BCUT2D eigenvalue weighted by Crippen LogP contribution is 2.09. The number of unbranched alkanes of at least 4 members (excludes halogenated alkanes) is 14. The van der Waals surface area contributed by atoms with E-state index in [4.69, 9.17) is 10.2 Å². The summed E-state index contributed by atoms with van der Waals surface area (Å²) in [6.45, 7) is 4.43. The molecule has 0 amide bonds. The molecule has 0 aliphatic rings. The predicted molar refractivity (Wildman–Crippen MR) is 137 cm³/mol. The number of hydrogen-bond acceptors (Lipinski definition) is 2. The Morgan fingerprint density at radius 2 is 0.750 bits per heavy atom. The fourth-order valence-corrected chi connectivity index (χ4v) is 3.25. The molecule has 0 saturated carbocycles. The van der Waals surface area contributed by atoms with Gasteiger partial charge in [-0.2, -0.15) is 0 Å². The summed E-state index contributed by atoms with van der Waals surface area (Å²) in [5.41, 5.74) is 0. The first kappa shape index (κ1) is 32.6. The molecule has 0 heterocycles. The van der Waals surface area contributed by atoms with Gasteiger partial charge in [0.25, 0.3) is 0 Å². The maximum absolute atomic E-state index is 10.3. The number of allylic oxidation sites excluding steroid dienone is 4. The van der Waals surface area contributed by atoms with Gasteiger partial charge in [-0.05, 0) is 51.4 Å².